The Kier molecular flexibility index (Phi) is 6.14. The van der Waals surface area contributed by atoms with Crippen molar-refractivity contribution in [3.05, 3.63) is 16.1 Å². The number of amides is 1. The van der Waals surface area contributed by atoms with Crippen molar-refractivity contribution in [1.29, 1.82) is 0 Å². The molecule has 1 fully saturated rings. The van der Waals surface area contributed by atoms with Crippen molar-refractivity contribution in [3.63, 3.8) is 0 Å². The second-order valence-corrected chi connectivity index (χ2v) is 6.99. The van der Waals surface area contributed by atoms with Crippen molar-refractivity contribution >= 4 is 17.2 Å². The van der Waals surface area contributed by atoms with Crippen molar-refractivity contribution in [2.75, 3.05) is 33.7 Å². The molecular weight excluding hydrogens is 284 g/mol. The van der Waals surface area contributed by atoms with E-state index >= 15 is 0 Å². The number of hydrogen-bond donors (Lipinski definition) is 1. The van der Waals surface area contributed by atoms with Crippen LogP contribution in [0.3, 0.4) is 0 Å². The van der Waals surface area contributed by atoms with Crippen molar-refractivity contribution < 1.29 is 4.79 Å². The predicted octanol–water partition coefficient (Wildman–Crippen LogP) is 1.35. The molecule has 21 heavy (non-hydrogen) atoms. The highest BCUT2D eigenvalue weighted by atomic mass is 32.1. The summed E-state index contributed by atoms with van der Waals surface area (Å²) in [5.41, 5.74) is 0. The van der Waals surface area contributed by atoms with Gasteiger partial charge in [-0.05, 0) is 19.3 Å². The average Bonchev–Trinajstić information content (AvgIpc) is 2.94. The van der Waals surface area contributed by atoms with Gasteiger partial charge in [0.2, 0.25) is 5.91 Å². The van der Waals surface area contributed by atoms with E-state index in [0.717, 1.165) is 38.9 Å². The van der Waals surface area contributed by atoms with Gasteiger partial charge < -0.3 is 10.2 Å². The van der Waals surface area contributed by atoms with Gasteiger partial charge in [-0.2, -0.15) is 0 Å². The SMILES string of the molecule is CCc1cnc(CNC2CCN(CC(=O)N(C)C)CC2)s1. The molecule has 1 amide bonds. The maximum absolute atomic E-state index is 11.7. The van der Waals surface area contributed by atoms with Crippen LogP contribution in [0.15, 0.2) is 6.20 Å². The Labute approximate surface area is 131 Å². The van der Waals surface area contributed by atoms with Crippen LogP contribution in [0.2, 0.25) is 0 Å². The number of piperidine rings is 1. The van der Waals surface area contributed by atoms with Gasteiger partial charge in [-0.25, -0.2) is 4.98 Å². The molecule has 1 aliphatic heterocycles. The number of nitrogens with one attached hydrogen (secondary N) is 1. The molecule has 0 unspecified atom stereocenters. The first kappa shape index (κ1) is 16.4. The van der Waals surface area contributed by atoms with Crippen LogP contribution in [-0.2, 0) is 17.8 Å². The number of aryl methyl sites for hydroxylation is 1. The van der Waals surface area contributed by atoms with E-state index in [0.29, 0.717) is 12.6 Å². The first-order valence-electron chi connectivity index (χ1n) is 7.68. The molecule has 1 aromatic rings. The number of carbonyl (C=O) groups is 1. The fraction of sp³-hybridized carbons (Fsp3) is 0.733. The molecule has 6 heteroatoms. The van der Waals surface area contributed by atoms with Gasteiger partial charge in [-0.1, -0.05) is 6.92 Å². The molecule has 0 atom stereocenters. The Bertz CT molecular complexity index is 452. The van der Waals surface area contributed by atoms with E-state index in [4.69, 9.17) is 0 Å². The summed E-state index contributed by atoms with van der Waals surface area (Å²) in [6.07, 6.45) is 5.26. The third kappa shape index (κ3) is 5.05. The van der Waals surface area contributed by atoms with E-state index in [2.05, 4.69) is 22.1 Å². The number of rotatable bonds is 6. The summed E-state index contributed by atoms with van der Waals surface area (Å²) in [5.74, 6) is 0.191. The van der Waals surface area contributed by atoms with Gasteiger partial charge in [0.05, 0.1) is 6.54 Å². The van der Waals surface area contributed by atoms with Gasteiger partial charge in [0, 0.05) is 50.8 Å². The molecule has 0 radical (unpaired) electrons. The fourth-order valence-corrected chi connectivity index (χ4v) is 3.27. The highest BCUT2D eigenvalue weighted by Gasteiger charge is 2.21. The Hall–Kier alpha value is -0.980. The lowest BCUT2D eigenvalue weighted by molar-refractivity contribution is -0.130. The van der Waals surface area contributed by atoms with Gasteiger partial charge >= 0.3 is 0 Å². The number of hydrogen-bond acceptors (Lipinski definition) is 5. The zero-order valence-electron chi connectivity index (χ0n) is 13.3. The summed E-state index contributed by atoms with van der Waals surface area (Å²) in [6.45, 7) is 5.57. The number of thiazole rings is 1. The fourth-order valence-electron chi connectivity index (χ4n) is 2.45. The standard InChI is InChI=1S/C15H26N4OS/c1-4-13-9-17-14(21-13)10-16-12-5-7-19(8-6-12)11-15(20)18(2)3/h9,12,16H,4-8,10-11H2,1-3H3. The number of carbonyl (C=O) groups excluding carboxylic acids is 1. The Morgan fingerprint density at radius 3 is 2.76 bits per heavy atom. The quantitative estimate of drug-likeness (QED) is 0.861. The third-order valence-corrected chi connectivity index (χ3v) is 5.08. The van der Waals surface area contributed by atoms with Crippen molar-refractivity contribution in [2.24, 2.45) is 0 Å². The molecule has 1 aliphatic rings. The maximum atomic E-state index is 11.7. The summed E-state index contributed by atoms with van der Waals surface area (Å²) in [5, 5.41) is 4.78. The summed E-state index contributed by atoms with van der Waals surface area (Å²) < 4.78 is 0. The van der Waals surface area contributed by atoms with Crippen LogP contribution < -0.4 is 5.32 Å². The number of aromatic nitrogens is 1. The maximum Gasteiger partial charge on any atom is 0.236 e. The minimum absolute atomic E-state index is 0.191. The molecule has 1 N–H and O–H groups in total. The molecule has 0 saturated carbocycles. The van der Waals surface area contributed by atoms with Crippen molar-refractivity contribution in [3.8, 4) is 0 Å². The highest BCUT2D eigenvalue weighted by molar-refractivity contribution is 7.11. The zero-order valence-corrected chi connectivity index (χ0v) is 14.1. The lowest BCUT2D eigenvalue weighted by Gasteiger charge is -2.32. The van der Waals surface area contributed by atoms with Crippen molar-refractivity contribution in [2.45, 2.75) is 38.8 Å². The van der Waals surface area contributed by atoms with E-state index < -0.39 is 0 Å². The molecule has 0 bridgehead atoms. The van der Waals surface area contributed by atoms with Crippen LogP contribution in [0.4, 0.5) is 0 Å². The number of likely N-dealkylation sites (tertiary alicyclic amines) is 1. The first-order valence-corrected chi connectivity index (χ1v) is 8.49. The number of likely N-dealkylation sites (N-methyl/N-ethyl adjacent to an activating group) is 1. The van der Waals surface area contributed by atoms with Gasteiger partial charge in [0.25, 0.3) is 0 Å². The molecule has 118 valence electrons. The summed E-state index contributed by atoms with van der Waals surface area (Å²) in [4.78, 5) is 21.4. The van der Waals surface area contributed by atoms with Gasteiger partial charge in [0.15, 0.2) is 0 Å². The molecule has 0 aliphatic carbocycles. The highest BCUT2D eigenvalue weighted by Crippen LogP contribution is 2.15. The van der Waals surface area contributed by atoms with Crippen LogP contribution in [0, 0.1) is 0 Å². The van der Waals surface area contributed by atoms with Gasteiger partial charge in [-0.3, -0.25) is 9.69 Å². The summed E-state index contributed by atoms with van der Waals surface area (Å²) >= 11 is 1.80. The van der Waals surface area contributed by atoms with Crippen molar-refractivity contribution in [1.82, 2.24) is 20.1 Å². The molecular formula is C15H26N4OS. The van der Waals surface area contributed by atoms with E-state index in [1.165, 1.54) is 9.88 Å². The zero-order chi connectivity index (χ0) is 15.2. The summed E-state index contributed by atoms with van der Waals surface area (Å²) in [6, 6.07) is 0.546. The molecule has 0 aromatic carbocycles. The minimum Gasteiger partial charge on any atom is -0.348 e. The lowest BCUT2D eigenvalue weighted by atomic mass is 10.1. The third-order valence-electron chi connectivity index (χ3n) is 3.94. The lowest BCUT2D eigenvalue weighted by Crippen LogP contribution is -2.45. The first-order chi connectivity index (χ1) is 10.1. The topological polar surface area (TPSA) is 48.5 Å². The van der Waals surface area contributed by atoms with Crippen LogP contribution in [0.5, 0.6) is 0 Å². The van der Waals surface area contributed by atoms with Crippen LogP contribution in [0.1, 0.15) is 29.7 Å². The second kappa shape index (κ2) is 7.87. The molecule has 1 saturated heterocycles. The van der Waals surface area contributed by atoms with Crippen LogP contribution in [-0.4, -0.2) is 60.5 Å². The minimum atomic E-state index is 0.191. The number of nitrogens with zero attached hydrogens (tertiary/aromatic N) is 3. The Morgan fingerprint density at radius 1 is 1.48 bits per heavy atom. The van der Waals surface area contributed by atoms with E-state index in [1.54, 1.807) is 16.2 Å². The molecule has 2 rings (SSSR count). The van der Waals surface area contributed by atoms with Crippen LogP contribution in [0.25, 0.3) is 0 Å². The smallest absolute Gasteiger partial charge is 0.236 e. The predicted molar refractivity (Wildman–Crippen MR) is 86.5 cm³/mol. The van der Waals surface area contributed by atoms with E-state index in [-0.39, 0.29) is 5.91 Å². The van der Waals surface area contributed by atoms with Gasteiger partial charge in [0.1, 0.15) is 5.01 Å². The molecule has 1 aromatic heterocycles. The monoisotopic (exact) mass is 310 g/mol. The second-order valence-electron chi connectivity index (χ2n) is 5.79. The Balaban J connectivity index is 1.68. The van der Waals surface area contributed by atoms with E-state index in [9.17, 15) is 4.79 Å². The summed E-state index contributed by atoms with van der Waals surface area (Å²) in [7, 11) is 3.63. The van der Waals surface area contributed by atoms with E-state index in [1.807, 2.05) is 20.3 Å². The van der Waals surface area contributed by atoms with Crippen LogP contribution >= 0.6 is 11.3 Å². The largest absolute Gasteiger partial charge is 0.348 e. The Morgan fingerprint density at radius 2 is 2.19 bits per heavy atom. The van der Waals surface area contributed by atoms with Gasteiger partial charge in [-0.15, -0.1) is 11.3 Å². The average molecular weight is 310 g/mol. The molecule has 5 nitrogen and oxygen atoms in total. The molecule has 2 heterocycles. The normalized spacial score (nSPS) is 17.1. The molecule has 0 spiro atoms.